The van der Waals surface area contributed by atoms with Gasteiger partial charge in [-0.15, -0.1) is 0 Å². The second kappa shape index (κ2) is 9.22. The lowest BCUT2D eigenvalue weighted by Gasteiger charge is -2.25. The Hall–Kier alpha value is -2.36. The second-order valence-corrected chi connectivity index (χ2v) is 8.08. The number of ether oxygens (including phenoxy) is 1. The highest BCUT2D eigenvalue weighted by atomic mass is 16.5. The predicted octanol–water partition coefficient (Wildman–Crippen LogP) is 5.14. The maximum atomic E-state index is 13.3. The Labute approximate surface area is 167 Å². The fourth-order valence-electron chi connectivity index (χ4n) is 3.94. The van der Waals surface area contributed by atoms with Gasteiger partial charge >= 0.3 is 5.97 Å². The van der Waals surface area contributed by atoms with Gasteiger partial charge in [0.25, 0.3) is 0 Å². The summed E-state index contributed by atoms with van der Waals surface area (Å²) in [5.41, 5.74) is 3.45. The number of esters is 1. The summed E-state index contributed by atoms with van der Waals surface area (Å²) < 4.78 is 7.55. The van der Waals surface area contributed by atoms with Gasteiger partial charge in [-0.3, -0.25) is 9.59 Å². The monoisotopic (exact) mass is 381 g/mol. The molecule has 2 aromatic rings. The summed E-state index contributed by atoms with van der Waals surface area (Å²) in [6.07, 6.45) is 4.42. The summed E-state index contributed by atoms with van der Waals surface area (Å²) in [7, 11) is 0. The van der Waals surface area contributed by atoms with Gasteiger partial charge < -0.3 is 9.30 Å². The Kier molecular flexibility index (Phi) is 6.71. The first-order valence-corrected chi connectivity index (χ1v) is 10.5. The van der Waals surface area contributed by atoms with Crippen molar-refractivity contribution in [3.05, 3.63) is 58.9 Å². The van der Waals surface area contributed by atoms with Crippen LogP contribution in [0.5, 0.6) is 0 Å². The largest absolute Gasteiger partial charge is 0.465 e. The molecule has 2 heterocycles. The summed E-state index contributed by atoms with van der Waals surface area (Å²) in [5.74, 6) is 0.123. The van der Waals surface area contributed by atoms with Crippen molar-refractivity contribution in [3.8, 4) is 0 Å². The molecule has 0 saturated heterocycles. The van der Waals surface area contributed by atoms with Gasteiger partial charge in [0.1, 0.15) is 0 Å². The van der Waals surface area contributed by atoms with Crippen molar-refractivity contribution in [3.63, 3.8) is 0 Å². The zero-order chi connectivity index (χ0) is 20.1. The summed E-state index contributed by atoms with van der Waals surface area (Å²) in [6.45, 7) is 7.59. The zero-order valence-electron chi connectivity index (χ0n) is 17.2. The molecule has 150 valence electrons. The molecule has 0 fully saturated rings. The molecule has 1 aromatic carbocycles. The van der Waals surface area contributed by atoms with Crippen LogP contribution in [-0.4, -0.2) is 22.9 Å². The smallest absolute Gasteiger partial charge is 0.314 e. The molecule has 0 spiro atoms. The highest BCUT2D eigenvalue weighted by Gasteiger charge is 2.31. The van der Waals surface area contributed by atoms with Crippen molar-refractivity contribution in [2.24, 2.45) is 5.92 Å². The molecule has 28 heavy (non-hydrogen) atoms. The number of aromatic nitrogens is 1. The Bertz CT molecular complexity index is 834. The van der Waals surface area contributed by atoms with Crippen LogP contribution < -0.4 is 0 Å². The van der Waals surface area contributed by atoms with E-state index in [1.807, 2.05) is 41.0 Å². The Morgan fingerprint density at radius 2 is 1.96 bits per heavy atom. The molecule has 4 heteroatoms. The number of aryl methyl sites for hydroxylation is 1. The number of benzene rings is 1. The van der Waals surface area contributed by atoms with Gasteiger partial charge in [0.2, 0.25) is 5.78 Å². The molecule has 0 saturated carbocycles. The number of rotatable bonds is 8. The van der Waals surface area contributed by atoms with Crippen LogP contribution in [0.1, 0.15) is 79.7 Å². The SMILES string of the molecule is CCCc1ccccc1C(=O)c1ccc2n1CCCC2C(=O)OCCC(C)C. The van der Waals surface area contributed by atoms with E-state index in [0.717, 1.165) is 55.5 Å². The van der Waals surface area contributed by atoms with Crippen LogP contribution in [0.25, 0.3) is 0 Å². The van der Waals surface area contributed by atoms with Crippen molar-refractivity contribution < 1.29 is 14.3 Å². The highest BCUT2D eigenvalue weighted by molar-refractivity contribution is 6.09. The normalized spacial score (nSPS) is 16.1. The number of carbonyl (C=O) groups is 2. The van der Waals surface area contributed by atoms with E-state index < -0.39 is 0 Å². The van der Waals surface area contributed by atoms with Gasteiger partial charge in [0.05, 0.1) is 18.2 Å². The molecule has 4 nitrogen and oxygen atoms in total. The first kappa shape index (κ1) is 20.4. The Morgan fingerprint density at radius 1 is 1.18 bits per heavy atom. The van der Waals surface area contributed by atoms with Crippen LogP contribution >= 0.6 is 0 Å². The van der Waals surface area contributed by atoms with Gasteiger partial charge in [0, 0.05) is 17.8 Å². The molecule has 1 atom stereocenters. The lowest BCUT2D eigenvalue weighted by Crippen LogP contribution is -2.26. The average molecular weight is 382 g/mol. The average Bonchev–Trinajstić information content (AvgIpc) is 3.12. The maximum Gasteiger partial charge on any atom is 0.314 e. The number of carbonyl (C=O) groups excluding carboxylic acids is 2. The summed E-state index contributed by atoms with van der Waals surface area (Å²) in [6, 6.07) is 11.7. The molecule has 3 rings (SSSR count). The minimum absolute atomic E-state index is 0.0455. The molecule has 1 aliphatic rings. The molecular formula is C24H31NO3. The molecule has 0 amide bonds. The summed E-state index contributed by atoms with van der Waals surface area (Å²) in [5, 5.41) is 0. The van der Waals surface area contributed by atoms with Crippen LogP contribution in [0.3, 0.4) is 0 Å². The molecular weight excluding hydrogens is 350 g/mol. The summed E-state index contributed by atoms with van der Waals surface area (Å²) in [4.78, 5) is 25.9. The lowest BCUT2D eigenvalue weighted by molar-refractivity contribution is -0.146. The van der Waals surface area contributed by atoms with Crippen LogP contribution in [0.4, 0.5) is 0 Å². The van der Waals surface area contributed by atoms with Gasteiger partial charge in [-0.25, -0.2) is 0 Å². The number of nitrogens with zero attached hydrogens (tertiary/aromatic N) is 1. The fraction of sp³-hybridized carbons (Fsp3) is 0.500. The van der Waals surface area contributed by atoms with E-state index in [1.165, 1.54) is 0 Å². The van der Waals surface area contributed by atoms with Gasteiger partial charge in [0.15, 0.2) is 0 Å². The van der Waals surface area contributed by atoms with E-state index in [0.29, 0.717) is 18.2 Å². The third-order valence-corrected chi connectivity index (χ3v) is 5.48. The van der Waals surface area contributed by atoms with E-state index >= 15 is 0 Å². The van der Waals surface area contributed by atoms with Crippen molar-refractivity contribution >= 4 is 11.8 Å². The standard InChI is InChI=1S/C24H31NO3/c1-4-8-18-9-5-6-10-19(18)23(26)22-13-12-21-20(11-7-15-25(21)22)24(27)28-16-14-17(2)3/h5-6,9-10,12-13,17,20H,4,7-8,11,14-16H2,1-3H3. The minimum Gasteiger partial charge on any atom is -0.465 e. The number of fused-ring (bicyclic) bond motifs is 1. The van der Waals surface area contributed by atoms with E-state index in [2.05, 4.69) is 20.8 Å². The third-order valence-electron chi connectivity index (χ3n) is 5.48. The quantitative estimate of drug-likeness (QED) is 0.470. The van der Waals surface area contributed by atoms with Crippen LogP contribution in [0.2, 0.25) is 0 Å². The molecule has 1 aromatic heterocycles. The molecule has 0 aliphatic carbocycles. The minimum atomic E-state index is -0.270. The Balaban J connectivity index is 1.82. The molecule has 0 radical (unpaired) electrons. The fourth-order valence-corrected chi connectivity index (χ4v) is 3.94. The number of ketones is 1. The third kappa shape index (κ3) is 4.37. The summed E-state index contributed by atoms with van der Waals surface area (Å²) >= 11 is 0. The first-order chi connectivity index (χ1) is 13.5. The predicted molar refractivity (Wildman–Crippen MR) is 111 cm³/mol. The molecule has 1 unspecified atom stereocenters. The van der Waals surface area contributed by atoms with Gasteiger partial charge in [-0.2, -0.15) is 0 Å². The highest BCUT2D eigenvalue weighted by Crippen LogP contribution is 2.32. The topological polar surface area (TPSA) is 48.3 Å². The maximum absolute atomic E-state index is 13.3. The lowest BCUT2D eigenvalue weighted by atomic mass is 9.96. The first-order valence-electron chi connectivity index (χ1n) is 10.5. The molecule has 1 aliphatic heterocycles. The zero-order valence-corrected chi connectivity index (χ0v) is 17.2. The van der Waals surface area contributed by atoms with Crippen molar-refractivity contribution in [2.45, 2.75) is 65.3 Å². The van der Waals surface area contributed by atoms with Crippen LogP contribution in [-0.2, 0) is 22.5 Å². The Morgan fingerprint density at radius 3 is 2.71 bits per heavy atom. The van der Waals surface area contributed by atoms with E-state index in [1.54, 1.807) is 0 Å². The van der Waals surface area contributed by atoms with E-state index in [4.69, 9.17) is 4.74 Å². The van der Waals surface area contributed by atoms with E-state index in [-0.39, 0.29) is 17.7 Å². The molecule has 0 bridgehead atoms. The number of hydrogen-bond donors (Lipinski definition) is 0. The van der Waals surface area contributed by atoms with Crippen molar-refractivity contribution in [1.82, 2.24) is 4.57 Å². The number of hydrogen-bond acceptors (Lipinski definition) is 3. The van der Waals surface area contributed by atoms with E-state index in [9.17, 15) is 9.59 Å². The van der Waals surface area contributed by atoms with Crippen LogP contribution in [0.15, 0.2) is 36.4 Å². The van der Waals surface area contributed by atoms with Crippen LogP contribution in [0, 0.1) is 5.92 Å². The second-order valence-electron chi connectivity index (χ2n) is 8.08. The van der Waals surface area contributed by atoms with Gasteiger partial charge in [-0.1, -0.05) is 51.5 Å². The molecule has 0 N–H and O–H groups in total. The van der Waals surface area contributed by atoms with Gasteiger partial charge in [-0.05, 0) is 49.3 Å². The van der Waals surface area contributed by atoms with Crippen molar-refractivity contribution in [2.75, 3.05) is 6.61 Å². The van der Waals surface area contributed by atoms with Crippen molar-refractivity contribution in [1.29, 1.82) is 0 Å².